The van der Waals surface area contributed by atoms with Gasteiger partial charge in [0.2, 0.25) is 5.91 Å². The van der Waals surface area contributed by atoms with Gasteiger partial charge in [-0.05, 0) is 18.9 Å². The average molecular weight is 300 g/mol. The van der Waals surface area contributed by atoms with Gasteiger partial charge in [0.25, 0.3) is 0 Å². The summed E-state index contributed by atoms with van der Waals surface area (Å²) >= 11 is 0. The van der Waals surface area contributed by atoms with Crippen molar-refractivity contribution in [1.29, 1.82) is 0 Å². The van der Waals surface area contributed by atoms with Crippen molar-refractivity contribution in [2.75, 3.05) is 13.6 Å². The summed E-state index contributed by atoms with van der Waals surface area (Å²) < 4.78 is 0. The van der Waals surface area contributed by atoms with Gasteiger partial charge < -0.3 is 10.2 Å². The molecule has 0 radical (unpaired) electrons. The minimum absolute atomic E-state index is 0.0945. The van der Waals surface area contributed by atoms with Crippen LogP contribution in [0.2, 0.25) is 0 Å². The second-order valence-electron chi connectivity index (χ2n) is 5.66. The van der Waals surface area contributed by atoms with Crippen LogP contribution in [0.4, 0.5) is 0 Å². The first kappa shape index (κ1) is 18.2. The number of likely N-dealkylation sites (N-methyl/N-ethyl adjacent to an activating group) is 1. The van der Waals surface area contributed by atoms with E-state index in [4.69, 9.17) is 0 Å². The van der Waals surface area contributed by atoms with E-state index < -0.39 is 0 Å². The van der Waals surface area contributed by atoms with Crippen molar-refractivity contribution in [3.63, 3.8) is 0 Å². The molecule has 1 rings (SSSR count). The number of nitrogens with zero attached hydrogens (tertiary/aromatic N) is 1. The Bertz CT molecular complexity index is 483. The van der Waals surface area contributed by atoms with Crippen LogP contribution in [0, 0.1) is 0 Å². The minimum Gasteiger partial charge on any atom is -0.341 e. The van der Waals surface area contributed by atoms with Gasteiger partial charge in [-0.15, -0.1) is 13.2 Å². The van der Waals surface area contributed by atoms with E-state index in [0.29, 0.717) is 13.0 Å². The average Bonchev–Trinajstić information content (AvgIpc) is 2.56. The van der Waals surface area contributed by atoms with Crippen LogP contribution in [0.1, 0.15) is 31.7 Å². The van der Waals surface area contributed by atoms with Crippen LogP contribution in [0.3, 0.4) is 0 Å². The summed E-state index contributed by atoms with van der Waals surface area (Å²) in [5.74, 6) is 0.371. The second-order valence-corrected chi connectivity index (χ2v) is 5.66. The maximum Gasteiger partial charge on any atom is 0.240 e. The molecule has 0 unspecified atom stereocenters. The monoisotopic (exact) mass is 300 g/mol. The fourth-order valence-electron chi connectivity index (χ4n) is 2.48. The van der Waals surface area contributed by atoms with Gasteiger partial charge in [0.15, 0.2) is 0 Å². The zero-order valence-corrected chi connectivity index (χ0v) is 14.0. The molecule has 0 aromatic heterocycles. The predicted molar refractivity (Wildman–Crippen MR) is 93.9 cm³/mol. The van der Waals surface area contributed by atoms with Gasteiger partial charge in [-0.2, -0.15) is 0 Å². The van der Waals surface area contributed by atoms with E-state index in [9.17, 15) is 4.79 Å². The van der Waals surface area contributed by atoms with Gasteiger partial charge in [0.05, 0.1) is 6.04 Å². The van der Waals surface area contributed by atoms with E-state index in [1.807, 2.05) is 30.1 Å². The standard InChI is InChI=1S/C19H28N2O/c1-6-11-18(20-14-7-2)19(22)21(5)16(4)15(3)17-12-9-8-10-13-17/h6-10,12-13,15-16,18,20H,1-2,11,14H2,3-5H3/t15-,16+,18+/m1/s1. The van der Waals surface area contributed by atoms with Crippen molar-refractivity contribution < 1.29 is 4.79 Å². The first-order chi connectivity index (χ1) is 10.5. The molecule has 3 nitrogen and oxygen atoms in total. The maximum absolute atomic E-state index is 12.7. The van der Waals surface area contributed by atoms with Gasteiger partial charge in [-0.3, -0.25) is 4.79 Å². The molecule has 120 valence electrons. The van der Waals surface area contributed by atoms with Crippen LogP contribution >= 0.6 is 0 Å². The second kappa shape index (κ2) is 9.21. The zero-order chi connectivity index (χ0) is 16.5. The van der Waals surface area contributed by atoms with Crippen LogP contribution in [0.5, 0.6) is 0 Å². The number of carbonyl (C=O) groups is 1. The molecule has 0 saturated heterocycles. The van der Waals surface area contributed by atoms with Gasteiger partial charge >= 0.3 is 0 Å². The molecule has 0 aliphatic carbocycles. The Balaban J connectivity index is 2.78. The number of hydrogen-bond donors (Lipinski definition) is 1. The highest BCUT2D eigenvalue weighted by Gasteiger charge is 2.27. The summed E-state index contributed by atoms with van der Waals surface area (Å²) in [5, 5.41) is 3.20. The summed E-state index contributed by atoms with van der Waals surface area (Å²) in [7, 11) is 1.87. The fraction of sp³-hybridized carbons (Fsp3) is 0.421. The Kier molecular flexibility index (Phi) is 7.61. The third-order valence-electron chi connectivity index (χ3n) is 4.22. The third kappa shape index (κ3) is 4.85. The maximum atomic E-state index is 12.7. The van der Waals surface area contributed by atoms with E-state index in [1.165, 1.54) is 5.56 Å². The Morgan fingerprint density at radius 1 is 1.23 bits per heavy atom. The summed E-state index contributed by atoms with van der Waals surface area (Å²) in [4.78, 5) is 14.5. The van der Waals surface area contributed by atoms with Gasteiger partial charge in [0.1, 0.15) is 0 Å². The number of rotatable bonds is 9. The minimum atomic E-state index is -0.245. The van der Waals surface area contributed by atoms with Gasteiger partial charge in [-0.1, -0.05) is 49.4 Å². The number of amides is 1. The number of carbonyl (C=O) groups excluding carboxylic acids is 1. The molecule has 0 aliphatic rings. The van der Waals surface area contributed by atoms with Crippen molar-refractivity contribution in [2.45, 2.75) is 38.3 Å². The van der Waals surface area contributed by atoms with Gasteiger partial charge in [-0.25, -0.2) is 0 Å². The summed E-state index contributed by atoms with van der Waals surface area (Å²) in [6.07, 6.45) is 4.15. The molecule has 1 aromatic rings. The molecular formula is C19H28N2O. The molecule has 3 heteroatoms. The predicted octanol–water partition coefficient (Wildman–Crippen LogP) is 3.36. The van der Waals surface area contributed by atoms with Gasteiger partial charge in [0, 0.05) is 25.6 Å². The number of nitrogens with one attached hydrogen (secondary N) is 1. The first-order valence-corrected chi connectivity index (χ1v) is 7.79. The smallest absolute Gasteiger partial charge is 0.240 e. The SMILES string of the molecule is C=CCN[C@@H](CC=C)C(=O)N(C)[C@@H](C)[C@@H](C)c1ccccc1. The van der Waals surface area contributed by atoms with Crippen molar-refractivity contribution in [1.82, 2.24) is 10.2 Å². The number of benzene rings is 1. The van der Waals surface area contributed by atoms with E-state index >= 15 is 0 Å². The van der Waals surface area contributed by atoms with Crippen molar-refractivity contribution in [3.8, 4) is 0 Å². The summed E-state index contributed by atoms with van der Waals surface area (Å²) in [6, 6.07) is 10.2. The summed E-state index contributed by atoms with van der Waals surface area (Å²) in [5.41, 5.74) is 1.24. The van der Waals surface area contributed by atoms with Crippen molar-refractivity contribution >= 4 is 5.91 Å². The van der Waals surface area contributed by atoms with Crippen LogP contribution in [-0.4, -0.2) is 36.5 Å². The molecule has 0 fully saturated rings. The van der Waals surface area contributed by atoms with Crippen LogP contribution in [0.25, 0.3) is 0 Å². The largest absolute Gasteiger partial charge is 0.341 e. The molecule has 0 bridgehead atoms. The zero-order valence-electron chi connectivity index (χ0n) is 14.0. The Morgan fingerprint density at radius 2 is 1.86 bits per heavy atom. The third-order valence-corrected chi connectivity index (χ3v) is 4.22. The van der Waals surface area contributed by atoms with Crippen molar-refractivity contribution in [3.05, 3.63) is 61.2 Å². The molecule has 1 aromatic carbocycles. The lowest BCUT2D eigenvalue weighted by atomic mass is 9.93. The first-order valence-electron chi connectivity index (χ1n) is 7.79. The molecule has 1 N–H and O–H groups in total. The van der Waals surface area contributed by atoms with Crippen LogP contribution in [0.15, 0.2) is 55.6 Å². The molecule has 0 aliphatic heterocycles. The summed E-state index contributed by atoms with van der Waals surface area (Å²) in [6.45, 7) is 12.3. The topological polar surface area (TPSA) is 32.3 Å². The highest BCUT2D eigenvalue weighted by atomic mass is 16.2. The van der Waals surface area contributed by atoms with Crippen LogP contribution in [-0.2, 0) is 4.79 Å². The molecule has 0 saturated carbocycles. The normalized spacial score (nSPS) is 14.7. The van der Waals surface area contributed by atoms with Crippen LogP contribution < -0.4 is 5.32 Å². The molecule has 0 heterocycles. The Labute approximate surface area is 134 Å². The highest BCUT2D eigenvalue weighted by molar-refractivity contribution is 5.82. The molecule has 22 heavy (non-hydrogen) atoms. The number of hydrogen-bond acceptors (Lipinski definition) is 2. The molecule has 1 amide bonds. The van der Waals surface area contributed by atoms with Crippen molar-refractivity contribution in [2.24, 2.45) is 0 Å². The Hall–Kier alpha value is -1.87. The quantitative estimate of drug-likeness (QED) is 0.709. The van der Waals surface area contributed by atoms with E-state index in [0.717, 1.165) is 0 Å². The lowest BCUT2D eigenvalue weighted by Gasteiger charge is -2.33. The molecule has 3 atom stereocenters. The Morgan fingerprint density at radius 3 is 2.41 bits per heavy atom. The van der Waals surface area contributed by atoms with E-state index in [2.05, 4.69) is 44.5 Å². The lowest BCUT2D eigenvalue weighted by Crippen LogP contribution is -2.49. The molecular weight excluding hydrogens is 272 g/mol. The lowest BCUT2D eigenvalue weighted by molar-refractivity contribution is -0.134. The van der Waals surface area contributed by atoms with E-state index in [-0.39, 0.29) is 23.9 Å². The highest BCUT2D eigenvalue weighted by Crippen LogP contribution is 2.22. The molecule has 0 spiro atoms. The fourth-order valence-corrected chi connectivity index (χ4v) is 2.48. The van der Waals surface area contributed by atoms with E-state index in [1.54, 1.807) is 12.2 Å².